The first-order valence-corrected chi connectivity index (χ1v) is 9.95. The van der Waals surface area contributed by atoms with E-state index < -0.39 is 0 Å². The van der Waals surface area contributed by atoms with Crippen molar-refractivity contribution in [2.24, 2.45) is 0 Å². The van der Waals surface area contributed by atoms with Crippen LogP contribution in [0.1, 0.15) is 45.4 Å². The third-order valence-corrected chi connectivity index (χ3v) is 5.72. The predicted octanol–water partition coefficient (Wildman–Crippen LogP) is 2.77. The number of piperazine rings is 1. The third-order valence-electron chi connectivity index (χ3n) is 5.72. The van der Waals surface area contributed by atoms with Crippen molar-refractivity contribution in [3.63, 3.8) is 0 Å². The number of rotatable bonds is 6. The van der Waals surface area contributed by atoms with E-state index in [1.807, 2.05) is 29.3 Å². The average molecular weight is 345 g/mol. The summed E-state index contributed by atoms with van der Waals surface area (Å²) in [6, 6.07) is 6.70. The molecule has 0 aromatic carbocycles. The van der Waals surface area contributed by atoms with Crippen LogP contribution in [-0.2, 0) is 4.79 Å². The lowest BCUT2D eigenvalue weighted by Gasteiger charge is -2.37. The van der Waals surface area contributed by atoms with Crippen molar-refractivity contribution in [2.75, 3.05) is 44.2 Å². The van der Waals surface area contributed by atoms with Gasteiger partial charge >= 0.3 is 0 Å². The molecule has 1 aliphatic heterocycles. The van der Waals surface area contributed by atoms with Crippen molar-refractivity contribution in [3.8, 4) is 0 Å². The van der Waals surface area contributed by atoms with Crippen LogP contribution in [0.5, 0.6) is 0 Å². The van der Waals surface area contributed by atoms with E-state index in [0.29, 0.717) is 18.4 Å². The standard InChI is InChI=1S/C20H32N4O/c1-2-22(18-8-4-3-5-9-18)13-11-20(25)24-16-14-23(15-17-24)19-10-6-7-12-21-19/h6-7,10,12,18H,2-5,8-9,11,13-17H2,1H3. The van der Waals surface area contributed by atoms with Crippen LogP contribution in [0.15, 0.2) is 24.4 Å². The molecule has 0 spiro atoms. The molecule has 1 aliphatic carbocycles. The lowest BCUT2D eigenvalue weighted by Crippen LogP contribution is -2.49. The van der Waals surface area contributed by atoms with Crippen molar-refractivity contribution >= 4 is 11.7 Å². The molecule has 5 heteroatoms. The quantitative estimate of drug-likeness (QED) is 0.795. The number of pyridine rings is 1. The van der Waals surface area contributed by atoms with Gasteiger partial charge in [0.15, 0.2) is 0 Å². The lowest BCUT2D eigenvalue weighted by atomic mass is 9.94. The van der Waals surface area contributed by atoms with Crippen molar-refractivity contribution in [1.29, 1.82) is 0 Å². The SMILES string of the molecule is CCN(CCC(=O)N1CCN(c2ccccn2)CC1)C1CCCCC1. The molecule has 0 atom stereocenters. The smallest absolute Gasteiger partial charge is 0.223 e. The molecule has 3 rings (SSSR count). The Morgan fingerprint density at radius 1 is 1.16 bits per heavy atom. The van der Waals surface area contributed by atoms with Gasteiger partial charge in [-0.15, -0.1) is 0 Å². The predicted molar refractivity (Wildman–Crippen MR) is 102 cm³/mol. The van der Waals surface area contributed by atoms with Gasteiger partial charge in [-0.3, -0.25) is 4.79 Å². The number of aromatic nitrogens is 1. The van der Waals surface area contributed by atoms with Crippen molar-refractivity contribution in [1.82, 2.24) is 14.8 Å². The van der Waals surface area contributed by atoms with Crippen LogP contribution in [-0.4, -0.2) is 66.0 Å². The summed E-state index contributed by atoms with van der Waals surface area (Å²) >= 11 is 0. The second kappa shape index (κ2) is 9.18. The first-order valence-electron chi connectivity index (χ1n) is 9.95. The Kier molecular flexibility index (Phi) is 6.68. The highest BCUT2D eigenvalue weighted by Gasteiger charge is 2.24. The van der Waals surface area contributed by atoms with Crippen LogP contribution in [0, 0.1) is 0 Å². The first-order chi connectivity index (χ1) is 12.3. The number of anilines is 1. The van der Waals surface area contributed by atoms with E-state index in [1.54, 1.807) is 0 Å². The molecule has 0 bridgehead atoms. The molecule has 2 fully saturated rings. The summed E-state index contributed by atoms with van der Waals surface area (Å²) in [6.45, 7) is 7.58. The molecule has 138 valence electrons. The van der Waals surface area contributed by atoms with Gasteiger partial charge in [-0.25, -0.2) is 4.98 Å². The second-order valence-electron chi connectivity index (χ2n) is 7.23. The normalized spacial score (nSPS) is 19.4. The second-order valence-corrected chi connectivity index (χ2v) is 7.23. The average Bonchev–Trinajstić information content (AvgIpc) is 2.70. The number of hydrogen-bond acceptors (Lipinski definition) is 4. The number of carbonyl (C=O) groups excluding carboxylic acids is 1. The summed E-state index contributed by atoms with van der Waals surface area (Å²) in [7, 11) is 0. The summed E-state index contributed by atoms with van der Waals surface area (Å²) in [4.78, 5) is 23.9. The molecule has 1 saturated carbocycles. The Morgan fingerprint density at radius 3 is 2.56 bits per heavy atom. The molecule has 1 saturated heterocycles. The van der Waals surface area contributed by atoms with Gasteiger partial charge in [0, 0.05) is 51.4 Å². The summed E-state index contributed by atoms with van der Waals surface area (Å²) in [5.74, 6) is 1.33. The van der Waals surface area contributed by atoms with E-state index in [9.17, 15) is 4.79 Å². The highest BCUT2D eigenvalue weighted by atomic mass is 16.2. The van der Waals surface area contributed by atoms with Gasteiger partial charge in [-0.2, -0.15) is 0 Å². The van der Waals surface area contributed by atoms with Gasteiger partial charge in [0.05, 0.1) is 0 Å². The van der Waals surface area contributed by atoms with Gasteiger partial charge in [0.1, 0.15) is 5.82 Å². The van der Waals surface area contributed by atoms with E-state index in [-0.39, 0.29) is 0 Å². The van der Waals surface area contributed by atoms with Crippen molar-refractivity contribution in [3.05, 3.63) is 24.4 Å². The largest absolute Gasteiger partial charge is 0.353 e. The fourth-order valence-electron chi connectivity index (χ4n) is 4.17. The van der Waals surface area contributed by atoms with Crippen LogP contribution in [0.4, 0.5) is 5.82 Å². The molecule has 2 heterocycles. The Hall–Kier alpha value is -1.62. The molecule has 25 heavy (non-hydrogen) atoms. The maximum absolute atomic E-state index is 12.6. The summed E-state index contributed by atoms with van der Waals surface area (Å²) in [5, 5.41) is 0. The van der Waals surface area contributed by atoms with E-state index in [2.05, 4.69) is 21.7 Å². The summed E-state index contributed by atoms with van der Waals surface area (Å²) in [6.07, 6.45) is 9.20. The monoisotopic (exact) mass is 344 g/mol. The molecule has 2 aliphatic rings. The number of amides is 1. The minimum atomic E-state index is 0.315. The van der Waals surface area contributed by atoms with Gasteiger partial charge < -0.3 is 14.7 Å². The molecule has 0 radical (unpaired) electrons. The van der Waals surface area contributed by atoms with E-state index in [1.165, 1.54) is 32.1 Å². The maximum atomic E-state index is 12.6. The summed E-state index contributed by atoms with van der Waals surface area (Å²) < 4.78 is 0. The number of nitrogens with zero attached hydrogens (tertiary/aromatic N) is 4. The van der Waals surface area contributed by atoms with Crippen molar-refractivity contribution in [2.45, 2.75) is 51.5 Å². The fraction of sp³-hybridized carbons (Fsp3) is 0.700. The van der Waals surface area contributed by atoms with Crippen LogP contribution in [0.3, 0.4) is 0 Å². The zero-order chi connectivity index (χ0) is 17.5. The van der Waals surface area contributed by atoms with Crippen LogP contribution < -0.4 is 4.90 Å². The molecule has 1 amide bonds. The highest BCUT2D eigenvalue weighted by molar-refractivity contribution is 5.76. The Labute approximate surface area is 152 Å². The minimum Gasteiger partial charge on any atom is -0.353 e. The van der Waals surface area contributed by atoms with Crippen LogP contribution in [0.2, 0.25) is 0 Å². The van der Waals surface area contributed by atoms with E-state index >= 15 is 0 Å². The van der Waals surface area contributed by atoms with Crippen LogP contribution in [0.25, 0.3) is 0 Å². The topological polar surface area (TPSA) is 39.7 Å². The van der Waals surface area contributed by atoms with Gasteiger partial charge in [-0.1, -0.05) is 32.3 Å². The fourth-order valence-corrected chi connectivity index (χ4v) is 4.17. The molecular formula is C20H32N4O. The van der Waals surface area contributed by atoms with Crippen LogP contribution >= 0.6 is 0 Å². The zero-order valence-electron chi connectivity index (χ0n) is 15.6. The Morgan fingerprint density at radius 2 is 1.92 bits per heavy atom. The molecule has 0 N–H and O–H groups in total. The first kappa shape index (κ1) is 18.2. The molecule has 1 aromatic rings. The van der Waals surface area contributed by atoms with Gasteiger partial charge in [0.25, 0.3) is 0 Å². The van der Waals surface area contributed by atoms with Gasteiger partial charge in [-0.05, 0) is 31.5 Å². The number of hydrogen-bond donors (Lipinski definition) is 0. The molecule has 5 nitrogen and oxygen atoms in total. The number of carbonyl (C=O) groups is 1. The molecular weight excluding hydrogens is 312 g/mol. The summed E-state index contributed by atoms with van der Waals surface area (Å²) in [5.41, 5.74) is 0. The Bertz CT molecular complexity index is 522. The van der Waals surface area contributed by atoms with Gasteiger partial charge in [0.2, 0.25) is 5.91 Å². The molecule has 1 aromatic heterocycles. The van der Waals surface area contributed by atoms with Crippen molar-refractivity contribution < 1.29 is 4.79 Å². The molecule has 0 unspecified atom stereocenters. The Balaban J connectivity index is 1.43. The highest BCUT2D eigenvalue weighted by Crippen LogP contribution is 2.22. The zero-order valence-corrected chi connectivity index (χ0v) is 15.6. The third kappa shape index (κ3) is 4.94. The van der Waals surface area contributed by atoms with E-state index in [0.717, 1.165) is 45.1 Å². The minimum absolute atomic E-state index is 0.315. The lowest BCUT2D eigenvalue weighted by molar-refractivity contribution is -0.132. The maximum Gasteiger partial charge on any atom is 0.223 e. The van der Waals surface area contributed by atoms with E-state index in [4.69, 9.17) is 0 Å².